The molecule has 104 valence electrons. The fourth-order valence-corrected chi connectivity index (χ4v) is 2.68. The Morgan fingerprint density at radius 1 is 1.25 bits per heavy atom. The van der Waals surface area contributed by atoms with Crippen LogP contribution in [0.25, 0.3) is 0 Å². The molecular weight excluding hydrogens is 251 g/mol. The van der Waals surface area contributed by atoms with Crippen LogP contribution in [0, 0.1) is 11.3 Å². The first-order chi connectivity index (χ1) is 9.34. The van der Waals surface area contributed by atoms with Crippen molar-refractivity contribution >= 4 is 7.12 Å². The number of pyridine rings is 1. The van der Waals surface area contributed by atoms with Gasteiger partial charge in [0, 0.05) is 18.2 Å². The monoisotopic (exact) mass is 270 g/mol. The molecule has 1 aliphatic carbocycles. The number of hydrogen-bond acceptors (Lipinski definition) is 4. The van der Waals surface area contributed by atoms with Crippen LogP contribution in [-0.2, 0) is 9.31 Å². The van der Waals surface area contributed by atoms with Crippen molar-refractivity contribution in [3.05, 3.63) is 29.6 Å². The summed E-state index contributed by atoms with van der Waals surface area (Å²) in [5.41, 5.74) is 1.17. The highest BCUT2D eigenvalue weighted by Gasteiger charge is 2.59. The lowest BCUT2D eigenvalue weighted by atomic mass is 9.80. The van der Waals surface area contributed by atoms with Crippen LogP contribution in [0.1, 0.15) is 51.2 Å². The van der Waals surface area contributed by atoms with Crippen molar-refractivity contribution in [2.45, 2.75) is 57.1 Å². The van der Waals surface area contributed by atoms with E-state index in [-0.39, 0.29) is 18.3 Å². The van der Waals surface area contributed by atoms with Crippen molar-refractivity contribution in [2.75, 3.05) is 0 Å². The predicted molar refractivity (Wildman–Crippen MR) is 76.1 cm³/mol. The number of aromatic nitrogens is 1. The summed E-state index contributed by atoms with van der Waals surface area (Å²) in [5, 5.41) is 8.94. The topological polar surface area (TPSA) is 55.1 Å². The second kappa shape index (κ2) is 4.31. The van der Waals surface area contributed by atoms with Crippen molar-refractivity contribution in [1.82, 2.24) is 4.98 Å². The first-order valence-corrected chi connectivity index (χ1v) is 7.05. The summed E-state index contributed by atoms with van der Waals surface area (Å²) in [4.78, 5) is 4.13. The molecule has 1 unspecified atom stereocenters. The van der Waals surface area contributed by atoms with Gasteiger partial charge in [0.1, 0.15) is 6.07 Å². The number of nitriles is 1. The third-order valence-electron chi connectivity index (χ3n) is 4.78. The lowest BCUT2D eigenvalue weighted by Crippen LogP contribution is -2.41. The Hall–Kier alpha value is -1.38. The smallest absolute Gasteiger partial charge is 0.403 e. The van der Waals surface area contributed by atoms with Crippen LogP contribution < -0.4 is 0 Å². The molecule has 1 aromatic heterocycles. The molecule has 3 rings (SSSR count). The van der Waals surface area contributed by atoms with Gasteiger partial charge < -0.3 is 9.31 Å². The quantitative estimate of drug-likeness (QED) is 0.775. The maximum Gasteiger partial charge on any atom is 0.461 e. The molecule has 5 heteroatoms. The van der Waals surface area contributed by atoms with E-state index in [2.05, 4.69) is 38.7 Å². The Labute approximate surface area is 120 Å². The summed E-state index contributed by atoms with van der Waals surface area (Å²) in [6, 6.07) is 4.06. The van der Waals surface area contributed by atoms with E-state index in [4.69, 9.17) is 14.6 Å². The Bertz CT molecular complexity index is 563. The highest BCUT2D eigenvalue weighted by molar-refractivity contribution is 6.49. The fraction of sp³-hybridized carbons (Fsp3) is 0.600. The molecule has 1 saturated heterocycles. The summed E-state index contributed by atoms with van der Waals surface area (Å²) >= 11 is 0. The molecular formula is C15H19BN2O2. The van der Waals surface area contributed by atoms with Crippen LogP contribution in [0.2, 0.25) is 5.82 Å². The molecule has 20 heavy (non-hydrogen) atoms. The van der Waals surface area contributed by atoms with E-state index in [1.807, 2.05) is 12.3 Å². The minimum absolute atomic E-state index is 0.157. The molecule has 1 aromatic rings. The van der Waals surface area contributed by atoms with Gasteiger partial charge in [0.25, 0.3) is 0 Å². The molecule has 0 N–H and O–H groups in total. The van der Waals surface area contributed by atoms with Crippen molar-refractivity contribution in [2.24, 2.45) is 0 Å². The van der Waals surface area contributed by atoms with Gasteiger partial charge in [-0.2, -0.15) is 5.26 Å². The van der Waals surface area contributed by atoms with E-state index in [0.29, 0.717) is 17.3 Å². The largest absolute Gasteiger partial charge is 0.461 e. The van der Waals surface area contributed by atoms with Crippen LogP contribution in [0.5, 0.6) is 0 Å². The maximum atomic E-state index is 8.94. The molecule has 0 spiro atoms. The summed E-state index contributed by atoms with van der Waals surface area (Å²) in [6.07, 6.45) is 4.47. The van der Waals surface area contributed by atoms with Crippen molar-refractivity contribution < 1.29 is 9.31 Å². The predicted octanol–water partition coefficient (Wildman–Crippen LogP) is 2.90. The van der Waals surface area contributed by atoms with E-state index in [1.165, 1.54) is 0 Å². The molecule has 4 nitrogen and oxygen atoms in total. The molecule has 1 saturated carbocycles. The molecule has 2 aliphatic rings. The van der Waals surface area contributed by atoms with Crippen molar-refractivity contribution in [1.29, 1.82) is 5.26 Å². The molecule has 2 atom stereocenters. The number of nitrogens with zero attached hydrogens (tertiary/aromatic N) is 2. The molecule has 1 aliphatic heterocycles. The van der Waals surface area contributed by atoms with E-state index in [9.17, 15) is 0 Å². The number of hydrogen-bond donors (Lipinski definition) is 0. The Morgan fingerprint density at radius 3 is 2.50 bits per heavy atom. The van der Waals surface area contributed by atoms with Gasteiger partial charge in [-0.3, -0.25) is 4.98 Å². The van der Waals surface area contributed by atoms with Gasteiger partial charge in [0.15, 0.2) is 0 Å². The minimum Gasteiger partial charge on any atom is -0.403 e. The van der Waals surface area contributed by atoms with Gasteiger partial charge in [-0.25, -0.2) is 0 Å². The minimum atomic E-state index is -0.280. The van der Waals surface area contributed by atoms with Crippen LogP contribution in [0.3, 0.4) is 0 Å². The van der Waals surface area contributed by atoms with Gasteiger partial charge >= 0.3 is 7.12 Å². The van der Waals surface area contributed by atoms with Crippen molar-refractivity contribution in [3.8, 4) is 6.07 Å². The Morgan fingerprint density at radius 2 is 1.90 bits per heavy atom. The zero-order valence-electron chi connectivity index (χ0n) is 12.4. The second-order valence-electron chi connectivity index (χ2n) is 6.75. The standard InChI is InChI=1S/C15H19BN2O2/c1-14(2)15(3,4)20-16(19-14)13-6-12(13)11-5-10(7-17)8-18-9-11/h5,8-9,12-13H,6H2,1-4H3/t12-,13?/m0/s1. The van der Waals surface area contributed by atoms with E-state index < -0.39 is 0 Å². The molecule has 0 bridgehead atoms. The summed E-state index contributed by atoms with van der Waals surface area (Å²) in [7, 11) is -0.157. The number of rotatable bonds is 2. The van der Waals surface area contributed by atoms with Gasteiger partial charge in [-0.05, 0) is 51.7 Å². The lowest BCUT2D eigenvalue weighted by Gasteiger charge is -2.32. The zero-order valence-corrected chi connectivity index (χ0v) is 12.4. The molecule has 2 heterocycles. The summed E-state index contributed by atoms with van der Waals surface area (Å²) in [6.45, 7) is 8.29. The average Bonchev–Trinajstić information content (AvgIpc) is 3.13. The van der Waals surface area contributed by atoms with Gasteiger partial charge in [-0.15, -0.1) is 0 Å². The average molecular weight is 270 g/mol. The van der Waals surface area contributed by atoms with Crippen LogP contribution in [0.4, 0.5) is 0 Å². The Kier molecular flexibility index (Phi) is 2.93. The molecule has 2 fully saturated rings. The summed E-state index contributed by atoms with van der Waals surface area (Å²) < 4.78 is 12.2. The maximum absolute atomic E-state index is 8.94. The van der Waals surface area contributed by atoms with Crippen molar-refractivity contribution in [3.63, 3.8) is 0 Å². The third kappa shape index (κ3) is 2.13. The fourth-order valence-electron chi connectivity index (χ4n) is 2.68. The van der Waals surface area contributed by atoms with Crippen LogP contribution >= 0.6 is 0 Å². The van der Waals surface area contributed by atoms with E-state index >= 15 is 0 Å². The molecule has 0 radical (unpaired) electrons. The molecule has 0 amide bonds. The van der Waals surface area contributed by atoms with E-state index in [0.717, 1.165) is 12.0 Å². The SMILES string of the molecule is CC1(C)OB(C2C[C@H]2c2cncc(C#N)c2)OC1(C)C. The third-order valence-corrected chi connectivity index (χ3v) is 4.78. The highest BCUT2D eigenvalue weighted by Crippen LogP contribution is 2.58. The normalized spacial score (nSPS) is 30.1. The Balaban J connectivity index is 1.73. The van der Waals surface area contributed by atoms with Crippen LogP contribution in [-0.4, -0.2) is 23.3 Å². The van der Waals surface area contributed by atoms with Gasteiger partial charge in [0.2, 0.25) is 0 Å². The van der Waals surface area contributed by atoms with Gasteiger partial charge in [0.05, 0.1) is 16.8 Å². The lowest BCUT2D eigenvalue weighted by molar-refractivity contribution is 0.00578. The first-order valence-electron chi connectivity index (χ1n) is 7.05. The highest BCUT2D eigenvalue weighted by atomic mass is 16.7. The summed E-state index contributed by atoms with van der Waals surface area (Å²) in [5.74, 6) is 0.761. The van der Waals surface area contributed by atoms with Crippen LogP contribution in [0.15, 0.2) is 18.5 Å². The second-order valence-corrected chi connectivity index (χ2v) is 6.75. The first kappa shape index (κ1) is 13.6. The van der Waals surface area contributed by atoms with E-state index in [1.54, 1.807) is 6.20 Å². The van der Waals surface area contributed by atoms with Gasteiger partial charge in [-0.1, -0.05) is 0 Å². The zero-order chi connectivity index (χ0) is 14.5. The molecule has 0 aromatic carbocycles.